The molecular formula is C9H9N5. The normalized spacial score (nSPS) is 8.79. The van der Waals surface area contributed by atoms with E-state index in [-0.39, 0.29) is 0 Å². The van der Waals surface area contributed by atoms with E-state index in [1.54, 1.807) is 11.9 Å². The van der Waals surface area contributed by atoms with Crippen molar-refractivity contribution in [1.29, 1.82) is 10.5 Å². The topological polar surface area (TPSA) is 76.6 Å². The summed E-state index contributed by atoms with van der Waals surface area (Å²) in [5.41, 5.74) is 0.424. The molecule has 0 aromatic carbocycles. The number of rotatable bonds is 3. The van der Waals surface area contributed by atoms with Crippen molar-refractivity contribution >= 4 is 5.82 Å². The van der Waals surface area contributed by atoms with Gasteiger partial charge in [0.1, 0.15) is 23.8 Å². The first kappa shape index (κ1) is 9.94. The molecule has 1 aromatic rings. The van der Waals surface area contributed by atoms with E-state index in [4.69, 9.17) is 10.5 Å². The summed E-state index contributed by atoms with van der Waals surface area (Å²) in [6.45, 7) is 0.558. The van der Waals surface area contributed by atoms with Gasteiger partial charge in [0.05, 0.1) is 18.7 Å². The fraction of sp³-hybridized carbons (Fsp3) is 0.333. The summed E-state index contributed by atoms with van der Waals surface area (Å²) in [6.07, 6.45) is 3.26. The molecule has 0 N–H and O–H groups in total. The van der Waals surface area contributed by atoms with Crippen LogP contribution in [0.5, 0.6) is 0 Å². The van der Waals surface area contributed by atoms with E-state index in [0.717, 1.165) is 0 Å². The standard InChI is InChI=1S/C9H9N5/c1-14(4-2-3-10)9-8(5-11)6-12-7-13-9/h6-7H,2,4H2,1H3. The minimum atomic E-state index is 0.408. The third kappa shape index (κ3) is 2.18. The molecule has 0 aliphatic rings. The first-order chi connectivity index (χ1) is 6.79. The van der Waals surface area contributed by atoms with Gasteiger partial charge in [0.25, 0.3) is 0 Å². The molecule has 1 aromatic heterocycles. The van der Waals surface area contributed by atoms with Gasteiger partial charge < -0.3 is 4.90 Å². The summed E-state index contributed by atoms with van der Waals surface area (Å²) in [5.74, 6) is 0.567. The summed E-state index contributed by atoms with van der Waals surface area (Å²) in [6, 6.07) is 4.04. The SMILES string of the molecule is CN(CCC#N)c1ncncc1C#N. The summed E-state index contributed by atoms with van der Waals surface area (Å²) >= 11 is 0. The molecule has 0 spiro atoms. The van der Waals surface area contributed by atoms with Gasteiger partial charge in [0.15, 0.2) is 0 Å². The molecule has 5 nitrogen and oxygen atoms in total. The van der Waals surface area contributed by atoms with Crippen molar-refractivity contribution in [3.63, 3.8) is 0 Å². The van der Waals surface area contributed by atoms with Crippen molar-refractivity contribution < 1.29 is 0 Å². The Balaban J connectivity index is 2.85. The number of hydrogen-bond acceptors (Lipinski definition) is 5. The fourth-order valence-corrected chi connectivity index (χ4v) is 1.03. The quantitative estimate of drug-likeness (QED) is 0.696. The third-order valence-electron chi connectivity index (χ3n) is 1.73. The average Bonchev–Trinajstić information content (AvgIpc) is 2.25. The van der Waals surface area contributed by atoms with Crippen molar-refractivity contribution in [2.45, 2.75) is 6.42 Å². The number of anilines is 1. The van der Waals surface area contributed by atoms with Crippen LogP contribution in [0, 0.1) is 22.7 Å². The molecule has 5 heteroatoms. The van der Waals surface area contributed by atoms with E-state index in [1.165, 1.54) is 12.5 Å². The molecule has 0 atom stereocenters. The Labute approximate surface area is 82.2 Å². The van der Waals surface area contributed by atoms with Crippen LogP contribution in [0.15, 0.2) is 12.5 Å². The average molecular weight is 187 g/mol. The molecule has 1 rings (SSSR count). The monoisotopic (exact) mass is 187 g/mol. The van der Waals surface area contributed by atoms with Crippen molar-refractivity contribution in [1.82, 2.24) is 9.97 Å². The predicted octanol–water partition coefficient (Wildman–Crippen LogP) is 0.698. The van der Waals surface area contributed by atoms with Crippen LogP contribution in [-0.4, -0.2) is 23.6 Å². The Morgan fingerprint density at radius 3 is 2.93 bits per heavy atom. The summed E-state index contributed by atoms with van der Waals surface area (Å²) in [7, 11) is 1.79. The van der Waals surface area contributed by atoms with Crippen LogP contribution >= 0.6 is 0 Å². The van der Waals surface area contributed by atoms with Gasteiger partial charge in [-0.3, -0.25) is 0 Å². The highest BCUT2D eigenvalue weighted by Gasteiger charge is 2.07. The van der Waals surface area contributed by atoms with Gasteiger partial charge in [-0.05, 0) is 0 Å². The van der Waals surface area contributed by atoms with Crippen LogP contribution in [0.2, 0.25) is 0 Å². The predicted molar refractivity (Wildman–Crippen MR) is 50.2 cm³/mol. The fourth-order valence-electron chi connectivity index (χ4n) is 1.03. The van der Waals surface area contributed by atoms with Gasteiger partial charge in [-0.1, -0.05) is 0 Å². The van der Waals surface area contributed by atoms with Crippen LogP contribution in [0.1, 0.15) is 12.0 Å². The Morgan fingerprint density at radius 2 is 2.29 bits per heavy atom. The summed E-state index contributed by atoms with van der Waals surface area (Å²) in [5, 5.41) is 17.2. The molecule has 0 bridgehead atoms. The summed E-state index contributed by atoms with van der Waals surface area (Å²) in [4.78, 5) is 9.51. The van der Waals surface area contributed by atoms with Crippen molar-refractivity contribution in [2.75, 3.05) is 18.5 Å². The molecule has 0 saturated heterocycles. The van der Waals surface area contributed by atoms with Gasteiger partial charge >= 0.3 is 0 Å². The van der Waals surface area contributed by atoms with E-state index < -0.39 is 0 Å². The maximum atomic E-state index is 8.77. The Hall–Kier alpha value is -2.14. The first-order valence-electron chi connectivity index (χ1n) is 4.07. The number of nitriles is 2. The highest BCUT2D eigenvalue weighted by Crippen LogP contribution is 2.12. The van der Waals surface area contributed by atoms with Gasteiger partial charge in [0.2, 0.25) is 0 Å². The molecule has 0 aliphatic heterocycles. The van der Waals surface area contributed by atoms with Gasteiger partial charge in [-0.25, -0.2) is 9.97 Å². The maximum Gasteiger partial charge on any atom is 0.149 e. The van der Waals surface area contributed by atoms with E-state index in [9.17, 15) is 0 Å². The highest BCUT2D eigenvalue weighted by atomic mass is 15.2. The van der Waals surface area contributed by atoms with Crippen LogP contribution in [0.25, 0.3) is 0 Å². The lowest BCUT2D eigenvalue weighted by molar-refractivity contribution is 0.876. The highest BCUT2D eigenvalue weighted by molar-refractivity contribution is 5.51. The van der Waals surface area contributed by atoms with Gasteiger partial charge in [-0.2, -0.15) is 10.5 Å². The molecule has 0 aliphatic carbocycles. The van der Waals surface area contributed by atoms with E-state index in [0.29, 0.717) is 24.3 Å². The van der Waals surface area contributed by atoms with Crippen LogP contribution < -0.4 is 4.90 Å². The molecule has 1 heterocycles. The minimum absolute atomic E-state index is 0.408. The van der Waals surface area contributed by atoms with Crippen molar-refractivity contribution in [3.8, 4) is 12.1 Å². The zero-order valence-corrected chi connectivity index (χ0v) is 7.80. The van der Waals surface area contributed by atoms with Crippen molar-refractivity contribution in [2.24, 2.45) is 0 Å². The van der Waals surface area contributed by atoms with Crippen LogP contribution in [0.4, 0.5) is 5.82 Å². The number of aromatic nitrogens is 2. The Kier molecular flexibility index (Phi) is 3.40. The molecule has 0 amide bonds. The molecule has 70 valence electrons. The molecule has 0 fully saturated rings. The third-order valence-corrected chi connectivity index (χ3v) is 1.73. The zero-order valence-electron chi connectivity index (χ0n) is 7.80. The largest absolute Gasteiger partial charge is 0.357 e. The molecule has 0 radical (unpaired) electrons. The van der Waals surface area contributed by atoms with Crippen LogP contribution in [-0.2, 0) is 0 Å². The minimum Gasteiger partial charge on any atom is -0.357 e. The van der Waals surface area contributed by atoms with E-state index in [2.05, 4.69) is 9.97 Å². The van der Waals surface area contributed by atoms with Gasteiger partial charge in [-0.15, -0.1) is 0 Å². The van der Waals surface area contributed by atoms with Gasteiger partial charge in [0, 0.05) is 13.6 Å². The molecule has 0 unspecified atom stereocenters. The second-order valence-electron chi connectivity index (χ2n) is 2.70. The molecular weight excluding hydrogens is 178 g/mol. The maximum absolute atomic E-state index is 8.77. The first-order valence-corrected chi connectivity index (χ1v) is 4.07. The van der Waals surface area contributed by atoms with Crippen LogP contribution in [0.3, 0.4) is 0 Å². The Morgan fingerprint density at radius 1 is 1.50 bits per heavy atom. The smallest absolute Gasteiger partial charge is 0.149 e. The summed E-state index contributed by atoms with van der Waals surface area (Å²) < 4.78 is 0. The lowest BCUT2D eigenvalue weighted by Gasteiger charge is -2.16. The molecule has 14 heavy (non-hydrogen) atoms. The number of nitrogens with zero attached hydrogens (tertiary/aromatic N) is 5. The lowest BCUT2D eigenvalue weighted by atomic mass is 10.3. The molecule has 0 saturated carbocycles. The number of hydrogen-bond donors (Lipinski definition) is 0. The van der Waals surface area contributed by atoms with E-state index in [1.807, 2.05) is 12.1 Å². The van der Waals surface area contributed by atoms with E-state index >= 15 is 0 Å². The lowest BCUT2D eigenvalue weighted by Crippen LogP contribution is -2.20. The second-order valence-corrected chi connectivity index (χ2v) is 2.70. The second kappa shape index (κ2) is 4.78. The zero-order chi connectivity index (χ0) is 10.4. The van der Waals surface area contributed by atoms with Crippen molar-refractivity contribution in [3.05, 3.63) is 18.1 Å². The Bertz CT molecular complexity index is 387.